The Kier molecular flexibility index (Phi) is 2.64. The van der Waals surface area contributed by atoms with Crippen LogP contribution in [0, 0.1) is 0 Å². The van der Waals surface area contributed by atoms with Crippen molar-refractivity contribution in [2.45, 2.75) is 12.8 Å². The molecule has 1 aliphatic rings. The summed E-state index contributed by atoms with van der Waals surface area (Å²) in [6.45, 7) is -0.572. The fourth-order valence-corrected chi connectivity index (χ4v) is 1.53. The number of urea groups is 1. The lowest BCUT2D eigenvalue weighted by molar-refractivity contribution is 0.0810. The molecule has 1 aromatic rings. The Bertz CT molecular complexity index is 396. The van der Waals surface area contributed by atoms with Crippen LogP contribution in [0.15, 0.2) is 24.3 Å². The summed E-state index contributed by atoms with van der Waals surface area (Å²) in [4.78, 5) is 12.0. The summed E-state index contributed by atoms with van der Waals surface area (Å²) < 4.78 is 26.0. The molecule has 0 aliphatic carbocycles. The van der Waals surface area contributed by atoms with Gasteiger partial charge in [-0.3, -0.25) is 4.90 Å². The molecule has 16 heavy (non-hydrogen) atoms. The number of hydrogen-bond acceptors (Lipinski definition) is 2. The number of phenolic OH excluding ortho intramolecular Hbond substituents is 1. The number of nitrogens with zero attached hydrogens (tertiary/aromatic N) is 2. The number of carbonyl (C=O) groups is 1. The zero-order valence-corrected chi connectivity index (χ0v) is 8.31. The van der Waals surface area contributed by atoms with E-state index in [9.17, 15) is 13.7 Å². The molecule has 4 nitrogen and oxygen atoms in total. The van der Waals surface area contributed by atoms with Crippen LogP contribution in [0.5, 0.6) is 5.75 Å². The highest BCUT2D eigenvalue weighted by Crippen LogP contribution is 2.21. The van der Waals surface area contributed by atoms with Crippen LogP contribution in [0.2, 0.25) is 0 Å². The lowest BCUT2D eigenvalue weighted by Crippen LogP contribution is -2.30. The molecule has 1 saturated heterocycles. The van der Waals surface area contributed by atoms with Crippen molar-refractivity contribution >= 4 is 6.03 Å². The highest BCUT2D eigenvalue weighted by molar-refractivity contribution is 5.75. The molecule has 1 aliphatic heterocycles. The summed E-state index contributed by atoms with van der Waals surface area (Å²) in [7, 11) is 0. The van der Waals surface area contributed by atoms with Gasteiger partial charge in [-0.25, -0.2) is 9.18 Å². The standard InChI is InChI=1S/C10H10F2N2O2/c11-9-6-14(12)10(16)13(9)5-7-1-3-8(15)4-2-7/h1-4,9,15H,5-6H2. The highest BCUT2D eigenvalue weighted by Gasteiger charge is 2.37. The average Bonchev–Trinajstić information content (AvgIpc) is 2.48. The van der Waals surface area contributed by atoms with Gasteiger partial charge in [0.05, 0.1) is 6.54 Å². The Morgan fingerprint density at radius 1 is 1.38 bits per heavy atom. The van der Waals surface area contributed by atoms with Gasteiger partial charge in [-0.15, -0.1) is 0 Å². The Morgan fingerprint density at radius 3 is 2.50 bits per heavy atom. The molecule has 0 bridgehead atoms. The Balaban J connectivity index is 2.10. The van der Waals surface area contributed by atoms with Crippen LogP contribution in [0.1, 0.15) is 5.56 Å². The van der Waals surface area contributed by atoms with Gasteiger partial charge in [-0.1, -0.05) is 16.6 Å². The molecule has 0 spiro atoms. The van der Waals surface area contributed by atoms with Gasteiger partial charge in [0.1, 0.15) is 12.3 Å². The molecule has 1 heterocycles. The Labute approximate surface area is 90.6 Å². The number of halogens is 2. The van der Waals surface area contributed by atoms with Crippen LogP contribution in [-0.4, -0.2) is 34.0 Å². The van der Waals surface area contributed by atoms with E-state index in [1.807, 2.05) is 0 Å². The van der Waals surface area contributed by atoms with Crippen LogP contribution in [0.4, 0.5) is 13.7 Å². The second kappa shape index (κ2) is 3.96. The van der Waals surface area contributed by atoms with Crippen LogP contribution in [0.25, 0.3) is 0 Å². The normalized spacial score (nSPS) is 20.6. The second-order valence-electron chi connectivity index (χ2n) is 3.56. The Hall–Kier alpha value is -1.85. The summed E-state index contributed by atoms with van der Waals surface area (Å²) in [6, 6.07) is 4.99. The first-order valence-corrected chi connectivity index (χ1v) is 4.74. The van der Waals surface area contributed by atoms with Gasteiger partial charge in [0, 0.05) is 0 Å². The minimum absolute atomic E-state index is 0.0132. The third kappa shape index (κ3) is 1.91. The van der Waals surface area contributed by atoms with E-state index >= 15 is 0 Å². The van der Waals surface area contributed by atoms with Crippen molar-refractivity contribution < 1.29 is 18.8 Å². The van der Waals surface area contributed by atoms with Crippen molar-refractivity contribution in [3.63, 3.8) is 0 Å². The number of hydrogen-bond donors (Lipinski definition) is 1. The lowest BCUT2D eigenvalue weighted by atomic mass is 10.2. The van der Waals surface area contributed by atoms with Gasteiger partial charge in [0.2, 0.25) is 0 Å². The topological polar surface area (TPSA) is 43.8 Å². The van der Waals surface area contributed by atoms with Gasteiger partial charge < -0.3 is 5.11 Å². The molecule has 86 valence electrons. The molecular formula is C10H10F2N2O2. The zero-order chi connectivity index (χ0) is 11.7. The number of amides is 2. The molecule has 0 radical (unpaired) electrons. The van der Waals surface area contributed by atoms with Gasteiger partial charge in [-0.2, -0.15) is 5.12 Å². The zero-order valence-electron chi connectivity index (χ0n) is 8.31. The van der Waals surface area contributed by atoms with Gasteiger partial charge in [0.15, 0.2) is 6.30 Å². The fraction of sp³-hybridized carbons (Fsp3) is 0.300. The summed E-state index contributed by atoms with van der Waals surface area (Å²) in [5.41, 5.74) is 0.629. The molecular weight excluding hydrogens is 218 g/mol. The molecule has 1 unspecified atom stereocenters. The number of carbonyl (C=O) groups excluding carboxylic acids is 1. The largest absolute Gasteiger partial charge is 0.508 e. The number of benzene rings is 1. The molecule has 1 N–H and O–H groups in total. The number of phenols is 1. The van der Waals surface area contributed by atoms with Crippen LogP contribution < -0.4 is 0 Å². The van der Waals surface area contributed by atoms with Crippen molar-refractivity contribution in [3.8, 4) is 5.75 Å². The SMILES string of the molecule is O=C1N(F)CC(F)N1Cc1ccc(O)cc1. The summed E-state index contributed by atoms with van der Waals surface area (Å²) in [6.07, 6.45) is -1.63. The molecule has 2 rings (SSSR count). The molecule has 1 fully saturated rings. The predicted molar refractivity (Wildman–Crippen MR) is 51.8 cm³/mol. The first-order valence-electron chi connectivity index (χ1n) is 4.74. The monoisotopic (exact) mass is 228 g/mol. The minimum Gasteiger partial charge on any atom is -0.508 e. The maximum absolute atomic E-state index is 13.2. The first-order chi connectivity index (χ1) is 7.58. The van der Waals surface area contributed by atoms with Crippen molar-refractivity contribution in [1.82, 2.24) is 10.0 Å². The number of rotatable bonds is 2. The summed E-state index contributed by atoms with van der Waals surface area (Å²) in [5.74, 6) is 0.0837. The Morgan fingerprint density at radius 2 is 2.00 bits per heavy atom. The van der Waals surface area contributed by atoms with E-state index in [1.54, 1.807) is 12.1 Å². The third-order valence-corrected chi connectivity index (χ3v) is 2.39. The van der Waals surface area contributed by atoms with Crippen LogP contribution in [0.3, 0.4) is 0 Å². The second-order valence-corrected chi connectivity index (χ2v) is 3.56. The first kappa shape index (κ1) is 10.7. The minimum atomic E-state index is -1.63. The average molecular weight is 228 g/mol. The van der Waals surface area contributed by atoms with E-state index < -0.39 is 18.9 Å². The van der Waals surface area contributed by atoms with Gasteiger partial charge in [-0.05, 0) is 17.7 Å². The van der Waals surface area contributed by atoms with E-state index in [2.05, 4.69) is 0 Å². The van der Waals surface area contributed by atoms with Crippen molar-refractivity contribution in [2.24, 2.45) is 0 Å². The molecule has 0 aromatic heterocycles. The van der Waals surface area contributed by atoms with E-state index in [-0.39, 0.29) is 17.4 Å². The maximum Gasteiger partial charge on any atom is 0.350 e. The highest BCUT2D eigenvalue weighted by atomic mass is 19.2. The van der Waals surface area contributed by atoms with E-state index in [0.29, 0.717) is 5.56 Å². The molecule has 1 atom stereocenters. The van der Waals surface area contributed by atoms with Gasteiger partial charge in [0.25, 0.3) is 0 Å². The fourth-order valence-electron chi connectivity index (χ4n) is 1.53. The predicted octanol–water partition coefficient (Wildman–Crippen LogP) is 1.81. The van der Waals surface area contributed by atoms with Crippen molar-refractivity contribution in [3.05, 3.63) is 29.8 Å². The lowest BCUT2D eigenvalue weighted by Gasteiger charge is -2.16. The molecule has 6 heteroatoms. The summed E-state index contributed by atoms with van der Waals surface area (Å²) in [5, 5.41) is 8.89. The van der Waals surface area contributed by atoms with Crippen LogP contribution >= 0.6 is 0 Å². The van der Waals surface area contributed by atoms with Crippen molar-refractivity contribution in [2.75, 3.05) is 6.54 Å². The quantitative estimate of drug-likeness (QED) is 0.619. The third-order valence-electron chi connectivity index (χ3n) is 2.39. The number of aromatic hydroxyl groups is 1. The van der Waals surface area contributed by atoms with E-state index in [1.165, 1.54) is 12.1 Å². The smallest absolute Gasteiger partial charge is 0.350 e. The number of alkyl halides is 1. The van der Waals surface area contributed by atoms with Crippen LogP contribution in [-0.2, 0) is 6.54 Å². The van der Waals surface area contributed by atoms with E-state index in [0.717, 1.165) is 4.90 Å². The van der Waals surface area contributed by atoms with Crippen molar-refractivity contribution in [1.29, 1.82) is 0 Å². The van der Waals surface area contributed by atoms with E-state index in [4.69, 9.17) is 5.11 Å². The van der Waals surface area contributed by atoms with Gasteiger partial charge >= 0.3 is 6.03 Å². The maximum atomic E-state index is 13.2. The molecule has 0 saturated carbocycles. The summed E-state index contributed by atoms with van der Waals surface area (Å²) >= 11 is 0. The molecule has 2 amide bonds. The molecule has 1 aromatic carbocycles.